The van der Waals surface area contributed by atoms with Crippen molar-refractivity contribution in [1.29, 1.82) is 0 Å². The van der Waals surface area contributed by atoms with E-state index in [1.165, 1.54) is 4.90 Å². The molecule has 110 valence electrons. The largest absolute Gasteiger partial charge is 0.368 e. The molecule has 2 amide bonds. The van der Waals surface area contributed by atoms with E-state index < -0.39 is 11.4 Å². The lowest BCUT2D eigenvalue weighted by Gasteiger charge is -2.39. The average Bonchev–Trinajstić information content (AvgIpc) is 2.25. The molecule has 5 heteroatoms. The normalized spacial score (nSPS) is 27.3. The van der Waals surface area contributed by atoms with Crippen LogP contribution in [0.5, 0.6) is 0 Å². The highest BCUT2D eigenvalue weighted by molar-refractivity contribution is 5.90. The summed E-state index contributed by atoms with van der Waals surface area (Å²) in [6, 6.07) is 0. The molecule has 0 radical (unpaired) electrons. The first-order valence-corrected chi connectivity index (χ1v) is 7.11. The van der Waals surface area contributed by atoms with Gasteiger partial charge in [0.1, 0.15) is 0 Å². The van der Waals surface area contributed by atoms with Gasteiger partial charge < -0.3 is 16.4 Å². The van der Waals surface area contributed by atoms with Crippen molar-refractivity contribution in [2.45, 2.75) is 52.0 Å². The predicted molar refractivity (Wildman–Crippen MR) is 75.2 cm³/mol. The summed E-state index contributed by atoms with van der Waals surface area (Å²) in [6.45, 7) is 6.62. The number of amides is 2. The summed E-state index contributed by atoms with van der Waals surface area (Å²) in [7, 11) is 0. The van der Waals surface area contributed by atoms with E-state index in [9.17, 15) is 9.59 Å². The third-order valence-corrected chi connectivity index (χ3v) is 3.68. The zero-order valence-corrected chi connectivity index (χ0v) is 12.3. The first-order valence-electron chi connectivity index (χ1n) is 7.11. The number of hydrogen-bond donors (Lipinski definition) is 2. The summed E-state index contributed by atoms with van der Waals surface area (Å²) in [5.41, 5.74) is 10.7. The van der Waals surface area contributed by atoms with Crippen LogP contribution in [0.4, 0.5) is 0 Å². The van der Waals surface area contributed by atoms with E-state index in [4.69, 9.17) is 11.5 Å². The SMILES string of the molecule is CC(C)CN(CC(N)=O)C(=O)C1(N)CCCC(C)C1. The average molecular weight is 269 g/mol. The van der Waals surface area contributed by atoms with E-state index in [-0.39, 0.29) is 18.4 Å². The fraction of sp³-hybridized carbons (Fsp3) is 0.857. The Morgan fingerprint density at radius 2 is 2.05 bits per heavy atom. The van der Waals surface area contributed by atoms with Crippen LogP contribution in [0.25, 0.3) is 0 Å². The minimum atomic E-state index is -0.817. The number of hydrogen-bond acceptors (Lipinski definition) is 3. The Hall–Kier alpha value is -1.10. The Kier molecular flexibility index (Phi) is 5.35. The van der Waals surface area contributed by atoms with Gasteiger partial charge in [-0.1, -0.05) is 33.6 Å². The van der Waals surface area contributed by atoms with Crippen LogP contribution in [0.3, 0.4) is 0 Å². The molecule has 0 bridgehead atoms. The van der Waals surface area contributed by atoms with Crippen molar-refractivity contribution >= 4 is 11.8 Å². The van der Waals surface area contributed by atoms with Crippen molar-refractivity contribution in [2.24, 2.45) is 23.3 Å². The number of carbonyl (C=O) groups is 2. The van der Waals surface area contributed by atoms with Crippen LogP contribution in [-0.4, -0.2) is 35.3 Å². The molecular weight excluding hydrogens is 242 g/mol. The van der Waals surface area contributed by atoms with Crippen LogP contribution in [0.1, 0.15) is 46.5 Å². The molecule has 1 saturated carbocycles. The molecule has 0 saturated heterocycles. The highest BCUT2D eigenvalue weighted by Crippen LogP contribution is 2.31. The van der Waals surface area contributed by atoms with Crippen molar-refractivity contribution < 1.29 is 9.59 Å². The number of carbonyl (C=O) groups excluding carboxylic acids is 2. The molecule has 2 unspecified atom stereocenters. The number of rotatable bonds is 5. The summed E-state index contributed by atoms with van der Waals surface area (Å²) >= 11 is 0. The highest BCUT2D eigenvalue weighted by atomic mass is 16.2. The molecular formula is C14H27N3O2. The van der Waals surface area contributed by atoms with Crippen LogP contribution >= 0.6 is 0 Å². The van der Waals surface area contributed by atoms with Crippen LogP contribution < -0.4 is 11.5 Å². The van der Waals surface area contributed by atoms with Gasteiger partial charge in [0.25, 0.3) is 0 Å². The van der Waals surface area contributed by atoms with Gasteiger partial charge in [0.05, 0.1) is 12.1 Å². The fourth-order valence-electron chi connectivity index (χ4n) is 2.95. The lowest BCUT2D eigenvalue weighted by atomic mass is 9.76. The van der Waals surface area contributed by atoms with E-state index in [2.05, 4.69) is 6.92 Å². The van der Waals surface area contributed by atoms with Gasteiger partial charge in [-0.05, 0) is 24.7 Å². The molecule has 0 aromatic carbocycles. The van der Waals surface area contributed by atoms with Gasteiger partial charge in [-0.3, -0.25) is 9.59 Å². The van der Waals surface area contributed by atoms with Gasteiger partial charge in [0.15, 0.2) is 0 Å². The van der Waals surface area contributed by atoms with E-state index in [0.29, 0.717) is 25.3 Å². The minimum Gasteiger partial charge on any atom is -0.368 e. The molecule has 0 aromatic heterocycles. The fourth-order valence-corrected chi connectivity index (χ4v) is 2.95. The lowest BCUT2D eigenvalue weighted by molar-refractivity contribution is -0.142. The van der Waals surface area contributed by atoms with Crippen molar-refractivity contribution in [1.82, 2.24) is 4.90 Å². The smallest absolute Gasteiger partial charge is 0.243 e. The quantitative estimate of drug-likeness (QED) is 0.776. The third-order valence-electron chi connectivity index (χ3n) is 3.68. The molecule has 0 heterocycles. The molecule has 1 rings (SSSR count). The molecule has 2 atom stereocenters. The number of nitrogens with zero attached hydrogens (tertiary/aromatic N) is 1. The standard InChI is InChI=1S/C14H27N3O2/c1-10(2)8-17(9-12(15)18)13(19)14(16)6-4-5-11(3)7-14/h10-11H,4-9,16H2,1-3H3,(H2,15,18). The monoisotopic (exact) mass is 269 g/mol. The highest BCUT2D eigenvalue weighted by Gasteiger charge is 2.40. The van der Waals surface area contributed by atoms with E-state index in [1.54, 1.807) is 0 Å². The van der Waals surface area contributed by atoms with Crippen LogP contribution in [-0.2, 0) is 9.59 Å². The molecule has 0 aliphatic heterocycles. The number of nitrogens with two attached hydrogens (primary N) is 2. The molecule has 1 fully saturated rings. The second-order valence-corrected chi connectivity index (χ2v) is 6.40. The first-order chi connectivity index (χ1) is 8.74. The molecule has 0 spiro atoms. The van der Waals surface area contributed by atoms with Crippen LogP contribution in [0, 0.1) is 11.8 Å². The summed E-state index contributed by atoms with van der Waals surface area (Å²) in [5.74, 6) is 0.137. The molecule has 1 aliphatic rings. The molecule has 5 nitrogen and oxygen atoms in total. The maximum absolute atomic E-state index is 12.6. The Morgan fingerprint density at radius 1 is 1.42 bits per heavy atom. The Morgan fingerprint density at radius 3 is 2.53 bits per heavy atom. The summed E-state index contributed by atoms with van der Waals surface area (Å²) in [5, 5.41) is 0. The zero-order valence-electron chi connectivity index (χ0n) is 12.3. The van der Waals surface area contributed by atoms with Crippen molar-refractivity contribution in [3.63, 3.8) is 0 Å². The molecule has 4 N–H and O–H groups in total. The lowest BCUT2D eigenvalue weighted by Crippen LogP contribution is -2.59. The molecule has 1 aliphatic carbocycles. The van der Waals surface area contributed by atoms with E-state index in [1.807, 2.05) is 13.8 Å². The Balaban J connectivity index is 2.81. The summed E-state index contributed by atoms with van der Waals surface area (Å²) < 4.78 is 0. The van der Waals surface area contributed by atoms with Crippen LogP contribution in [0.2, 0.25) is 0 Å². The topological polar surface area (TPSA) is 89.4 Å². The third kappa shape index (κ3) is 4.49. The minimum absolute atomic E-state index is 0.0374. The van der Waals surface area contributed by atoms with Gasteiger partial charge in [0, 0.05) is 6.54 Å². The summed E-state index contributed by atoms with van der Waals surface area (Å²) in [6.07, 6.45) is 3.48. The van der Waals surface area contributed by atoms with E-state index >= 15 is 0 Å². The Labute approximate surface area is 115 Å². The van der Waals surface area contributed by atoms with Crippen molar-refractivity contribution in [3.8, 4) is 0 Å². The molecule has 0 aromatic rings. The van der Waals surface area contributed by atoms with Gasteiger partial charge >= 0.3 is 0 Å². The summed E-state index contributed by atoms with van der Waals surface area (Å²) in [4.78, 5) is 25.3. The van der Waals surface area contributed by atoms with Gasteiger partial charge in [-0.25, -0.2) is 0 Å². The maximum Gasteiger partial charge on any atom is 0.243 e. The van der Waals surface area contributed by atoms with Crippen LogP contribution in [0.15, 0.2) is 0 Å². The second-order valence-electron chi connectivity index (χ2n) is 6.40. The van der Waals surface area contributed by atoms with Crippen molar-refractivity contribution in [2.75, 3.05) is 13.1 Å². The predicted octanol–water partition coefficient (Wildman–Crippen LogP) is 0.864. The second kappa shape index (κ2) is 6.37. The Bertz CT molecular complexity index is 344. The van der Waals surface area contributed by atoms with Gasteiger partial charge in [-0.2, -0.15) is 0 Å². The van der Waals surface area contributed by atoms with Crippen molar-refractivity contribution in [3.05, 3.63) is 0 Å². The zero-order chi connectivity index (χ0) is 14.6. The first kappa shape index (κ1) is 16.0. The molecule has 19 heavy (non-hydrogen) atoms. The van der Waals surface area contributed by atoms with Gasteiger partial charge in [0.2, 0.25) is 11.8 Å². The maximum atomic E-state index is 12.6. The van der Waals surface area contributed by atoms with Gasteiger partial charge in [-0.15, -0.1) is 0 Å². The van der Waals surface area contributed by atoms with E-state index in [0.717, 1.165) is 12.8 Å². The number of primary amides is 1.